The second-order valence-corrected chi connectivity index (χ2v) is 14.5. The fraction of sp³-hybridized carbons (Fsp3) is 0.364. The summed E-state index contributed by atoms with van der Waals surface area (Å²) >= 11 is 1.28. The van der Waals surface area contributed by atoms with E-state index in [1.54, 1.807) is 0 Å². The van der Waals surface area contributed by atoms with Gasteiger partial charge in [0.15, 0.2) is 9.84 Å². The zero-order valence-corrected chi connectivity index (χ0v) is 25.6. The lowest BCUT2D eigenvalue weighted by molar-refractivity contribution is -0.151. The van der Waals surface area contributed by atoms with E-state index >= 15 is 0 Å². The van der Waals surface area contributed by atoms with Crippen LogP contribution in [0.5, 0.6) is 0 Å². The summed E-state index contributed by atoms with van der Waals surface area (Å²) in [6, 6.07) is 23.7. The summed E-state index contributed by atoms with van der Waals surface area (Å²) < 4.78 is 30.1. The number of sulfone groups is 1. The molecule has 1 fully saturated rings. The lowest BCUT2D eigenvalue weighted by Gasteiger charge is -2.43. The van der Waals surface area contributed by atoms with Crippen LogP contribution in [0.3, 0.4) is 0 Å². The fourth-order valence-corrected chi connectivity index (χ4v) is 8.36. The van der Waals surface area contributed by atoms with E-state index in [0.29, 0.717) is 19.5 Å². The van der Waals surface area contributed by atoms with Crippen molar-refractivity contribution in [2.24, 2.45) is 0 Å². The molecule has 2 unspecified atom stereocenters. The SMILES string of the molecule is CCC1(c2ccc(N3CCS(=O)(=O)CC3)cc2)C(O)=C(Sc2cc(C)ccc2C(C)C)C(=O)OC1c1ccccc1. The lowest BCUT2D eigenvalue weighted by Crippen LogP contribution is -2.43. The first-order chi connectivity index (χ1) is 19.6. The maximum Gasteiger partial charge on any atom is 0.349 e. The number of thioether (sulfide) groups is 1. The van der Waals surface area contributed by atoms with Crippen LogP contribution in [0.25, 0.3) is 0 Å². The molecule has 0 amide bonds. The highest BCUT2D eigenvalue weighted by Crippen LogP contribution is 2.54. The van der Waals surface area contributed by atoms with Crippen molar-refractivity contribution >= 4 is 33.3 Å². The second-order valence-electron chi connectivity index (χ2n) is 11.2. The number of carbonyl (C=O) groups excluding carboxylic acids is 1. The largest absolute Gasteiger partial charge is 0.510 e. The Morgan fingerprint density at radius 3 is 2.29 bits per heavy atom. The van der Waals surface area contributed by atoms with Crippen molar-refractivity contribution in [1.29, 1.82) is 0 Å². The van der Waals surface area contributed by atoms with E-state index in [1.807, 2.05) is 68.4 Å². The number of cyclic esters (lactones) is 1. The van der Waals surface area contributed by atoms with Gasteiger partial charge < -0.3 is 14.7 Å². The van der Waals surface area contributed by atoms with Crippen LogP contribution in [0.15, 0.2) is 88.4 Å². The summed E-state index contributed by atoms with van der Waals surface area (Å²) in [5, 5.41) is 12.2. The Hall–Kier alpha value is -3.23. The molecule has 2 aliphatic heterocycles. The topological polar surface area (TPSA) is 83.9 Å². The molecule has 0 aliphatic carbocycles. The van der Waals surface area contributed by atoms with Gasteiger partial charge in [-0.1, -0.05) is 87.1 Å². The van der Waals surface area contributed by atoms with Gasteiger partial charge in [-0.3, -0.25) is 0 Å². The third-order valence-corrected chi connectivity index (χ3v) is 11.0. The minimum Gasteiger partial charge on any atom is -0.510 e. The van der Waals surface area contributed by atoms with Gasteiger partial charge in [-0.25, -0.2) is 13.2 Å². The van der Waals surface area contributed by atoms with Crippen LogP contribution in [0.1, 0.15) is 61.5 Å². The minimum atomic E-state index is -2.99. The highest BCUT2D eigenvalue weighted by atomic mass is 32.2. The number of aryl methyl sites for hydroxylation is 1. The Labute approximate surface area is 247 Å². The standard InChI is InChI=1S/C33H37NO5S2/c1-5-33(25-12-14-26(15-13-25)34-17-19-41(37,38)20-18-34)30(35)29(32(36)39-31(33)24-9-7-6-8-10-24)40-28-21-23(4)11-16-27(28)22(2)3/h6-16,21-22,31,35H,5,17-20H2,1-4H3. The van der Waals surface area contributed by atoms with Gasteiger partial charge in [0.2, 0.25) is 0 Å². The van der Waals surface area contributed by atoms with Crippen LogP contribution in [0.4, 0.5) is 5.69 Å². The van der Waals surface area contributed by atoms with Gasteiger partial charge in [0, 0.05) is 23.7 Å². The molecule has 41 heavy (non-hydrogen) atoms. The van der Waals surface area contributed by atoms with Crippen molar-refractivity contribution in [3.05, 3.63) is 106 Å². The van der Waals surface area contributed by atoms with Crippen molar-refractivity contribution < 1.29 is 23.1 Å². The quantitative estimate of drug-likeness (QED) is 0.301. The Morgan fingerprint density at radius 1 is 1.02 bits per heavy atom. The van der Waals surface area contributed by atoms with E-state index in [0.717, 1.165) is 32.8 Å². The molecule has 1 saturated heterocycles. The average molecular weight is 592 g/mol. The predicted octanol–water partition coefficient (Wildman–Crippen LogP) is 6.86. The summed E-state index contributed by atoms with van der Waals surface area (Å²) in [5.74, 6) is 0.00378. The molecule has 6 nitrogen and oxygen atoms in total. The molecule has 0 saturated carbocycles. The molecular formula is C33H37NO5S2. The smallest absolute Gasteiger partial charge is 0.349 e. The molecule has 216 valence electrons. The Bertz CT molecular complexity index is 1550. The molecule has 2 atom stereocenters. The van der Waals surface area contributed by atoms with Gasteiger partial charge >= 0.3 is 5.97 Å². The van der Waals surface area contributed by atoms with E-state index in [4.69, 9.17) is 4.74 Å². The van der Waals surface area contributed by atoms with Crippen LogP contribution in [0, 0.1) is 6.92 Å². The first kappa shape index (κ1) is 29.3. The number of carbonyl (C=O) groups is 1. The molecule has 2 heterocycles. The molecule has 1 N–H and O–H groups in total. The normalized spacial score (nSPS) is 22.6. The van der Waals surface area contributed by atoms with Crippen molar-refractivity contribution in [3.63, 3.8) is 0 Å². The second kappa shape index (κ2) is 11.6. The van der Waals surface area contributed by atoms with Gasteiger partial charge in [0.1, 0.15) is 16.8 Å². The molecule has 3 aromatic rings. The molecule has 5 rings (SSSR count). The summed E-state index contributed by atoms with van der Waals surface area (Å²) in [6.07, 6.45) is -0.236. The summed E-state index contributed by atoms with van der Waals surface area (Å²) in [6.45, 7) is 9.15. The molecule has 0 spiro atoms. The first-order valence-electron chi connectivity index (χ1n) is 14.1. The number of benzene rings is 3. The predicted molar refractivity (Wildman–Crippen MR) is 165 cm³/mol. The van der Waals surface area contributed by atoms with E-state index in [1.165, 1.54) is 11.8 Å². The van der Waals surface area contributed by atoms with Gasteiger partial charge in [-0.15, -0.1) is 0 Å². The van der Waals surface area contributed by atoms with E-state index in [-0.39, 0.29) is 28.1 Å². The number of anilines is 1. The van der Waals surface area contributed by atoms with Crippen molar-refractivity contribution in [3.8, 4) is 0 Å². The van der Waals surface area contributed by atoms with Crippen molar-refractivity contribution in [1.82, 2.24) is 0 Å². The maximum atomic E-state index is 13.6. The molecule has 3 aromatic carbocycles. The first-order valence-corrected chi connectivity index (χ1v) is 16.7. The fourth-order valence-electron chi connectivity index (χ4n) is 5.86. The summed E-state index contributed by atoms with van der Waals surface area (Å²) in [7, 11) is -2.99. The Morgan fingerprint density at radius 2 is 1.68 bits per heavy atom. The third-order valence-electron chi connectivity index (χ3n) is 8.25. The van der Waals surface area contributed by atoms with Crippen LogP contribution in [0.2, 0.25) is 0 Å². The zero-order valence-electron chi connectivity index (χ0n) is 24.0. The highest BCUT2D eigenvalue weighted by molar-refractivity contribution is 8.04. The van der Waals surface area contributed by atoms with Gasteiger partial charge in [0.05, 0.1) is 16.9 Å². The molecule has 8 heteroatoms. The van der Waals surface area contributed by atoms with Gasteiger partial charge in [0.25, 0.3) is 0 Å². The zero-order chi connectivity index (χ0) is 29.4. The minimum absolute atomic E-state index is 0.0168. The number of aliphatic hydroxyl groups is 1. The van der Waals surface area contributed by atoms with Crippen LogP contribution in [-0.4, -0.2) is 44.1 Å². The van der Waals surface area contributed by atoms with E-state index in [2.05, 4.69) is 36.9 Å². The van der Waals surface area contributed by atoms with Crippen LogP contribution < -0.4 is 4.90 Å². The van der Waals surface area contributed by atoms with Crippen LogP contribution in [-0.2, 0) is 24.8 Å². The third kappa shape index (κ3) is 5.64. The number of hydrogen-bond donors (Lipinski definition) is 1. The monoisotopic (exact) mass is 591 g/mol. The molecule has 2 aliphatic rings. The number of ether oxygens (including phenoxy) is 1. The van der Waals surface area contributed by atoms with Crippen molar-refractivity contribution in [2.75, 3.05) is 29.5 Å². The molecular weight excluding hydrogens is 554 g/mol. The maximum absolute atomic E-state index is 13.6. The average Bonchev–Trinajstić information content (AvgIpc) is 2.96. The summed E-state index contributed by atoms with van der Waals surface area (Å²) in [4.78, 5) is 16.8. The molecule has 0 aromatic heterocycles. The molecule has 0 bridgehead atoms. The number of esters is 1. The van der Waals surface area contributed by atoms with Gasteiger partial charge in [-0.2, -0.15) is 0 Å². The Balaban J connectivity index is 1.62. The van der Waals surface area contributed by atoms with E-state index in [9.17, 15) is 18.3 Å². The Kier molecular flexibility index (Phi) is 8.26. The molecule has 0 radical (unpaired) electrons. The van der Waals surface area contributed by atoms with Crippen LogP contribution >= 0.6 is 11.8 Å². The number of nitrogens with zero attached hydrogens (tertiary/aromatic N) is 1. The number of aliphatic hydroxyl groups excluding tert-OH is 1. The highest BCUT2D eigenvalue weighted by Gasteiger charge is 2.52. The van der Waals surface area contributed by atoms with Gasteiger partial charge in [-0.05, 0) is 59.7 Å². The number of rotatable bonds is 7. The van der Waals surface area contributed by atoms with Crippen molar-refractivity contribution in [2.45, 2.75) is 56.4 Å². The van der Waals surface area contributed by atoms with E-state index < -0.39 is 27.3 Å². The summed E-state index contributed by atoms with van der Waals surface area (Å²) in [5.41, 5.74) is 3.74. The number of hydrogen-bond acceptors (Lipinski definition) is 7. The lowest BCUT2D eigenvalue weighted by atomic mass is 9.68.